The molecule has 1 aliphatic carbocycles. The molecule has 0 amide bonds. The number of para-hydroxylation sites is 1. The lowest BCUT2D eigenvalue weighted by Gasteiger charge is -2.27. The quantitative estimate of drug-likeness (QED) is 0.279. The second kappa shape index (κ2) is 12.5. The molecule has 0 bridgehead atoms. The van der Waals surface area contributed by atoms with E-state index in [1.54, 1.807) is 30.3 Å². The maximum atomic E-state index is 13.9. The highest BCUT2D eigenvalue weighted by molar-refractivity contribution is 7.52. The van der Waals surface area contributed by atoms with Gasteiger partial charge in [-0.15, -0.1) is 0 Å². The van der Waals surface area contributed by atoms with Crippen molar-refractivity contribution in [3.05, 3.63) is 63.4 Å². The Hall–Kier alpha value is -3.27. The Morgan fingerprint density at radius 3 is 2.62 bits per heavy atom. The van der Waals surface area contributed by atoms with Gasteiger partial charge < -0.3 is 19.1 Å². The topological polar surface area (TPSA) is 182 Å². The van der Waals surface area contributed by atoms with E-state index in [9.17, 15) is 29.3 Å². The smallest absolute Gasteiger partial charge is 0.459 e. The number of esters is 1. The first-order valence-electron chi connectivity index (χ1n) is 13.1. The van der Waals surface area contributed by atoms with E-state index in [-0.39, 0.29) is 11.9 Å². The molecule has 6 atom stereocenters. The summed E-state index contributed by atoms with van der Waals surface area (Å²) >= 11 is 0. The van der Waals surface area contributed by atoms with Crippen molar-refractivity contribution in [2.75, 3.05) is 6.61 Å². The lowest BCUT2D eigenvalue weighted by molar-refractivity contribution is -0.152. The minimum atomic E-state index is -4.28. The summed E-state index contributed by atoms with van der Waals surface area (Å²) in [5.74, 6) is -0.419. The molecule has 2 unspecified atom stereocenters. The van der Waals surface area contributed by atoms with E-state index in [2.05, 4.69) is 10.1 Å². The third kappa shape index (κ3) is 6.71. The SMILES string of the molecule is C[C@H](NP(=O)(OCC1O[C@@H](n2ccc(=O)[nH]c2=O)[C@](C)(C#N)[C@@H]1O)Oc1ccccc1)C(=O)OC1CCCCC1. The summed E-state index contributed by atoms with van der Waals surface area (Å²) in [5.41, 5.74) is -3.11. The molecule has 13 nitrogen and oxygen atoms in total. The molecule has 2 aromatic rings. The molecule has 1 saturated heterocycles. The van der Waals surface area contributed by atoms with Gasteiger partial charge in [0.1, 0.15) is 35.5 Å². The van der Waals surface area contributed by atoms with Crippen LogP contribution in [0.25, 0.3) is 0 Å². The number of hydrogen-bond donors (Lipinski definition) is 3. The Balaban J connectivity index is 1.51. The average Bonchev–Trinajstić information content (AvgIpc) is 3.18. The van der Waals surface area contributed by atoms with Crippen molar-refractivity contribution in [2.45, 2.75) is 76.5 Å². The zero-order valence-corrected chi connectivity index (χ0v) is 23.1. The van der Waals surface area contributed by atoms with Gasteiger partial charge in [-0.25, -0.2) is 9.36 Å². The monoisotopic (exact) mass is 576 g/mol. The molecule has 216 valence electrons. The lowest BCUT2D eigenvalue weighted by Crippen LogP contribution is -2.41. The van der Waals surface area contributed by atoms with Crippen molar-refractivity contribution in [3.63, 3.8) is 0 Å². The average molecular weight is 577 g/mol. The zero-order chi connectivity index (χ0) is 28.9. The van der Waals surface area contributed by atoms with Crippen LogP contribution in [0.2, 0.25) is 0 Å². The summed E-state index contributed by atoms with van der Waals surface area (Å²) in [5, 5.41) is 23.5. The van der Waals surface area contributed by atoms with E-state index in [4.69, 9.17) is 18.5 Å². The van der Waals surface area contributed by atoms with E-state index in [1.807, 2.05) is 6.07 Å². The lowest BCUT2D eigenvalue weighted by atomic mass is 9.84. The molecule has 3 N–H and O–H groups in total. The van der Waals surface area contributed by atoms with Gasteiger partial charge in [0.05, 0.1) is 12.7 Å². The second-order valence-corrected chi connectivity index (χ2v) is 11.8. The highest BCUT2D eigenvalue weighted by Crippen LogP contribution is 2.48. The third-order valence-electron chi connectivity index (χ3n) is 7.05. The first-order valence-corrected chi connectivity index (χ1v) is 14.6. The highest BCUT2D eigenvalue weighted by Gasteiger charge is 2.55. The fraction of sp³-hybridized carbons (Fsp3) is 0.538. The highest BCUT2D eigenvalue weighted by atomic mass is 31.2. The minimum absolute atomic E-state index is 0.193. The Labute approximate surface area is 230 Å². The van der Waals surface area contributed by atoms with Crippen molar-refractivity contribution >= 4 is 13.7 Å². The van der Waals surface area contributed by atoms with Crippen LogP contribution >= 0.6 is 7.75 Å². The zero-order valence-electron chi connectivity index (χ0n) is 22.2. The fourth-order valence-corrected chi connectivity index (χ4v) is 6.25. The number of aliphatic hydroxyl groups is 1. The van der Waals surface area contributed by atoms with Gasteiger partial charge in [-0.05, 0) is 51.7 Å². The Kier molecular flexibility index (Phi) is 9.28. The number of ether oxygens (including phenoxy) is 2. The van der Waals surface area contributed by atoms with Crippen LogP contribution in [0.3, 0.4) is 0 Å². The summed E-state index contributed by atoms with van der Waals surface area (Å²) in [7, 11) is -4.28. The standard InChI is InChI=1S/C26H33N4O9P/c1-17(23(33)37-18-9-5-3-6-10-18)29-40(35,39-19-11-7-4-8-12-19)36-15-20-22(32)26(2,16-27)24(38-20)30-14-13-21(31)28-25(30)34/h4,7-8,11-14,17-18,20,22,24,32H,3,5-6,9-10,15H2,1-2H3,(H,29,35)(H,28,31,34)/t17-,20?,22+,24+,26+,40?/m0/s1. The van der Waals surface area contributed by atoms with E-state index < -0.39 is 61.5 Å². The van der Waals surface area contributed by atoms with Gasteiger partial charge in [-0.2, -0.15) is 10.3 Å². The number of carbonyl (C=O) groups excluding carboxylic acids is 1. The van der Waals surface area contributed by atoms with Gasteiger partial charge in [0, 0.05) is 12.3 Å². The van der Waals surface area contributed by atoms with E-state index >= 15 is 0 Å². The number of aromatic nitrogens is 2. The molecule has 0 spiro atoms. The van der Waals surface area contributed by atoms with Crippen LogP contribution in [0.15, 0.2) is 52.2 Å². The molecule has 40 heavy (non-hydrogen) atoms. The minimum Gasteiger partial charge on any atom is -0.461 e. The number of rotatable bonds is 10. The van der Waals surface area contributed by atoms with Crippen molar-refractivity contribution < 1.29 is 33.0 Å². The molecule has 2 fully saturated rings. The molecule has 1 aliphatic heterocycles. The van der Waals surface area contributed by atoms with Crippen molar-refractivity contribution in [1.29, 1.82) is 5.26 Å². The van der Waals surface area contributed by atoms with Gasteiger partial charge in [0.2, 0.25) is 0 Å². The molecule has 1 aromatic carbocycles. The van der Waals surface area contributed by atoms with Gasteiger partial charge in [0.25, 0.3) is 5.56 Å². The number of nitriles is 1. The van der Waals surface area contributed by atoms with Crippen LogP contribution in [0, 0.1) is 16.7 Å². The van der Waals surface area contributed by atoms with Crippen molar-refractivity contribution in [1.82, 2.24) is 14.6 Å². The van der Waals surface area contributed by atoms with E-state index in [0.717, 1.165) is 48.9 Å². The van der Waals surface area contributed by atoms with Crippen LogP contribution in [-0.4, -0.2) is 51.6 Å². The van der Waals surface area contributed by atoms with Crippen LogP contribution in [0.4, 0.5) is 0 Å². The number of hydrogen-bond acceptors (Lipinski definition) is 10. The van der Waals surface area contributed by atoms with Crippen molar-refractivity contribution in [3.8, 4) is 11.8 Å². The molecular formula is C26H33N4O9P. The molecule has 1 aromatic heterocycles. The number of benzene rings is 1. The van der Waals surface area contributed by atoms with Gasteiger partial charge in [-0.1, -0.05) is 24.6 Å². The first kappa shape index (κ1) is 29.7. The molecular weight excluding hydrogens is 543 g/mol. The van der Waals surface area contributed by atoms with Crippen LogP contribution in [0.1, 0.15) is 52.2 Å². The first-order chi connectivity index (χ1) is 19.0. The van der Waals surface area contributed by atoms with Gasteiger partial charge in [-0.3, -0.25) is 23.7 Å². The summed E-state index contributed by atoms with van der Waals surface area (Å²) in [4.78, 5) is 38.7. The fourth-order valence-electron chi connectivity index (χ4n) is 4.75. The normalized spacial score (nSPS) is 27.3. The molecule has 14 heteroatoms. The number of carbonyl (C=O) groups is 1. The summed E-state index contributed by atoms with van der Waals surface area (Å²) in [6.45, 7) is 2.33. The Morgan fingerprint density at radius 2 is 1.98 bits per heavy atom. The van der Waals surface area contributed by atoms with Gasteiger partial charge >= 0.3 is 19.4 Å². The number of aromatic amines is 1. The second-order valence-electron chi connectivity index (χ2n) is 10.1. The molecule has 4 rings (SSSR count). The maximum Gasteiger partial charge on any atom is 0.459 e. The third-order valence-corrected chi connectivity index (χ3v) is 8.69. The molecule has 1 saturated carbocycles. The van der Waals surface area contributed by atoms with Crippen LogP contribution in [0.5, 0.6) is 5.75 Å². The molecule has 2 heterocycles. The number of nitrogens with one attached hydrogen (secondary N) is 2. The molecule has 0 radical (unpaired) electrons. The van der Waals surface area contributed by atoms with E-state index in [0.29, 0.717) is 0 Å². The van der Waals surface area contributed by atoms with Crippen LogP contribution in [-0.2, 0) is 23.4 Å². The Morgan fingerprint density at radius 1 is 1.27 bits per heavy atom. The van der Waals surface area contributed by atoms with Crippen molar-refractivity contribution in [2.24, 2.45) is 5.41 Å². The largest absolute Gasteiger partial charge is 0.461 e. The maximum absolute atomic E-state index is 13.9. The summed E-state index contributed by atoms with van der Waals surface area (Å²) in [6, 6.07) is 10.2. The summed E-state index contributed by atoms with van der Waals surface area (Å²) in [6.07, 6.45) is 1.49. The van der Waals surface area contributed by atoms with Gasteiger partial charge in [0.15, 0.2) is 6.23 Å². The number of H-pyrrole nitrogens is 1. The Bertz CT molecular complexity index is 1380. The molecule has 2 aliphatic rings. The number of nitrogens with zero attached hydrogens (tertiary/aromatic N) is 2. The number of aliphatic hydroxyl groups excluding tert-OH is 1. The predicted molar refractivity (Wildman–Crippen MR) is 141 cm³/mol. The van der Waals surface area contributed by atoms with Crippen LogP contribution < -0.4 is 20.9 Å². The van der Waals surface area contributed by atoms with E-state index in [1.165, 1.54) is 13.8 Å². The predicted octanol–water partition coefficient (Wildman–Crippen LogP) is 2.38. The summed E-state index contributed by atoms with van der Waals surface area (Å²) < 4.78 is 37.6.